The van der Waals surface area contributed by atoms with E-state index >= 15 is 0 Å². The summed E-state index contributed by atoms with van der Waals surface area (Å²) in [5.41, 5.74) is 0.581. The quantitative estimate of drug-likeness (QED) is 0.757. The Morgan fingerprint density at radius 3 is 2.71 bits per heavy atom. The van der Waals surface area contributed by atoms with Crippen molar-refractivity contribution in [1.82, 2.24) is 0 Å². The maximum Gasteiger partial charge on any atom is 0.338 e. The molecule has 0 unspecified atom stereocenters. The topological polar surface area (TPSA) is 50.1 Å². The standard InChI is InChI=1S/C13H12ClNO2/c1-17-12(16)10-4-3-9(14)7-11(10)13(8-15)5-2-6-13/h3-4,7H,2,5-6H2,1H3. The number of rotatable bonds is 2. The first kappa shape index (κ1) is 11.9. The van der Waals surface area contributed by atoms with Crippen LogP contribution in [0.25, 0.3) is 0 Å². The Balaban J connectivity index is 2.55. The summed E-state index contributed by atoms with van der Waals surface area (Å²) in [6, 6.07) is 7.28. The monoisotopic (exact) mass is 249 g/mol. The maximum absolute atomic E-state index is 11.7. The summed E-state index contributed by atoms with van der Waals surface area (Å²) in [5.74, 6) is -0.418. The van der Waals surface area contributed by atoms with Crippen LogP contribution in [0.4, 0.5) is 0 Å². The van der Waals surface area contributed by atoms with Gasteiger partial charge in [0.15, 0.2) is 0 Å². The van der Waals surface area contributed by atoms with Gasteiger partial charge in [0, 0.05) is 5.02 Å². The first-order valence-electron chi connectivity index (χ1n) is 5.42. The normalized spacial score (nSPS) is 16.8. The van der Waals surface area contributed by atoms with E-state index in [0.717, 1.165) is 19.3 Å². The Hall–Kier alpha value is -1.53. The van der Waals surface area contributed by atoms with Crippen molar-refractivity contribution in [1.29, 1.82) is 5.26 Å². The van der Waals surface area contributed by atoms with Gasteiger partial charge in [-0.05, 0) is 43.0 Å². The van der Waals surface area contributed by atoms with E-state index in [1.807, 2.05) is 0 Å². The van der Waals surface area contributed by atoms with Gasteiger partial charge in [-0.25, -0.2) is 4.79 Å². The van der Waals surface area contributed by atoms with Crippen molar-refractivity contribution in [3.63, 3.8) is 0 Å². The molecule has 0 amide bonds. The number of hydrogen-bond acceptors (Lipinski definition) is 3. The van der Waals surface area contributed by atoms with Crippen LogP contribution in [0.2, 0.25) is 5.02 Å². The highest BCUT2D eigenvalue weighted by Crippen LogP contribution is 2.45. The molecule has 3 nitrogen and oxygen atoms in total. The van der Waals surface area contributed by atoms with Crippen LogP contribution < -0.4 is 0 Å². The molecule has 0 saturated heterocycles. The lowest BCUT2D eigenvalue weighted by atomic mass is 9.64. The summed E-state index contributed by atoms with van der Waals surface area (Å²) >= 11 is 5.95. The molecule has 1 saturated carbocycles. The number of ether oxygens (including phenoxy) is 1. The van der Waals surface area contributed by atoms with Gasteiger partial charge in [0.1, 0.15) is 0 Å². The molecule has 4 heteroatoms. The number of methoxy groups -OCH3 is 1. The van der Waals surface area contributed by atoms with Gasteiger partial charge in [-0.1, -0.05) is 11.6 Å². The van der Waals surface area contributed by atoms with E-state index in [1.165, 1.54) is 7.11 Å². The average Bonchev–Trinajstić information content (AvgIpc) is 2.28. The van der Waals surface area contributed by atoms with Crippen LogP contribution in [0.1, 0.15) is 35.2 Å². The number of carbonyl (C=O) groups excluding carboxylic acids is 1. The third-order valence-corrected chi connectivity index (χ3v) is 3.56. The van der Waals surface area contributed by atoms with Crippen molar-refractivity contribution in [2.75, 3.05) is 7.11 Å². The Labute approximate surface area is 105 Å². The second-order valence-electron chi connectivity index (χ2n) is 4.23. The van der Waals surface area contributed by atoms with E-state index in [4.69, 9.17) is 16.3 Å². The van der Waals surface area contributed by atoms with Crippen LogP contribution in [0.3, 0.4) is 0 Å². The highest BCUT2D eigenvalue weighted by molar-refractivity contribution is 6.30. The van der Waals surface area contributed by atoms with Gasteiger partial charge in [0.05, 0.1) is 24.2 Å². The Kier molecular flexibility index (Phi) is 3.08. The fourth-order valence-corrected chi connectivity index (χ4v) is 2.34. The lowest BCUT2D eigenvalue weighted by Gasteiger charge is -2.36. The minimum Gasteiger partial charge on any atom is -0.465 e. The van der Waals surface area contributed by atoms with Crippen LogP contribution in [-0.2, 0) is 10.2 Å². The Bertz CT molecular complexity index is 501. The summed E-state index contributed by atoms with van der Waals surface area (Å²) in [7, 11) is 1.33. The fourth-order valence-electron chi connectivity index (χ4n) is 2.17. The van der Waals surface area contributed by atoms with E-state index in [1.54, 1.807) is 18.2 Å². The zero-order valence-corrected chi connectivity index (χ0v) is 10.3. The number of hydrogen-bond donors (Lipinski definition) is 0. The van der Waals surface area contributed by atoms with Crippen molar-refractivity contribution in [2.45, 2.75) is 24.7 Å². The van der Waals surface area contributed by atoms with Crippen LogP contribution in [0, 0.1) is 11.3 Å². The zero-order valence-electron chi connectivity index (χ0n) is 9.50. The average molecular weight is 250 g/mol. The summed E-state index contributed by atoms with van der Waals surface area (Å²) in [6.07, 6.45) is 2.54. The summed E-state index contributed by atoms with van der Waals surface area (Å²) in [6.45, 7) is 0. The molecule has 0 heterocycles. The SMILES string of the molecule is COC(=O)c1ccc(Cl)cc1C1(C#N)CCC1. The van der Waals surface area contributed by atoms with Crippen LogP contribution in [0.15, 0.2) is 18.2 Å². The summed E-state index contributed by atoms with van der Waals surface area (Å²) < 4.78 is 4.73. The van der Waals surface area contributed by atoms with Crippen LogP contribution in [-0.4, -0.2) is 13.1 Å². The van der Waals surface area contributed by atoms with Crippen molar-refractivity contribution in [3.8, 4) is 6.07 Å². The number of halogens is 1. The molecule has 0 radical (unpaired) electrons. The van der Waals surface area contributed by atoms with E-state index < -0.39 is 11.4 Å². The summed E-state index contributed by atoms with van der Waals surface area (Å²) in [5, 5.41) is 9.85. The molecule has 1 aliphatic rings. The predicted octanol–water partition coefficient (Wildman–Crippen LogP) is 3.07. The Morgan fingerprint density at radius 2 is 2.24 bits per heavy atom. The molecule has 1 fully saturated rings. The molecular formula is C13H12ClNO2. The molecule has 0 spiro atoms. The molecule has 1 aromatic carbocycles. The molecule has 0 aromatic heterocycles. The molecule has 0 atom stereocenters. The molecule has 1 aliphatic carbocycles. The van der Waals surface area contributed by atoms with Crippen molar-refractivity contribution in [3.05, 3.63) is 34.3 Å². The second kappa shape index (κ2) is 4.38. The first-order chi connectivity index (χ1) is 8.13. The van der Waals surface area contributed by atoms with Crippen LogP contribution >= 0.6 is 11.6 Å². The van der Waals surface area contributed by atoms with Gasteiger partial charge in [-0.3, -0.25) is 0 Å². The third-order valence-electron chi connectivity index (χ3n) is 3.32. The minimum absolute atomic E-state index is 0.418. The van der Waals surface area contributed by atoms with Crippen molar-refractivity contribution < 1.29 is 9.53 Å². The van der Waals surface area contributed by atoms with Crippen molar-refractivity contribution in [2.24, 2.45) is 0 Å². The third kappa shape index (κ3) is 1.89. The van der Waals surface area contributed by atoms with Crippen molar-refractivity contribution >= 4 is 17.6 Å². The largest absolute Gasteiger partial charge is 0.465 e. The molecule has 17 heavy (non-hydrogen) atoms. The second-order valence-corrected chi connectivity index (χ2v) is 4.67. The Morgan fingerprint density at radius 1 is 1.53 bits per heavy atom. The lowest BCUT2D eigenvalue weighted by Crippen LogP contribution is -2.34. The fraction of sp³-hybridized carbons (Fsp3) is 0.385. The highest BCUT2D eigenvalue weighted by atomic mass is 35.5. The van der Waals surface area contributed by atoms with E-state index in [9.17, 15) is 10.1 Å². The molecular weight excluding hydrogens is 238 g/mol. The van der Waals surface area contributed by atoms with Gasteiger partial charge in [0.2, 0.25) is 0 Å². The molecule has 2 rings (SSSR count). The number of benzene rings is 1. The van der Waals surface area contributed by atoms with Gasteiger partial charge in [-0.2, -0.15) is 5.26 Å². The minimum atomic E-state index is -0.561. The molecule has 1 aromatic rings. The lowest BCUT2D eigenvalue weighted by molar-refractivity contribution is 0.0597. The van der Waals surface area contributed by atoms with E-state index in [-0.39, 0.29) is 0 Å². The summed E-state index contributed by atoms with van der Waals surface area (Å²) in [4.78, 5) is 11.7. The molecule has 0 bridgehead atoms. The van der Waals surface area contributed by atoms with Gasteiger partial charge in [0.25, 0.3) is 0 Å². The smallest absolute Gasteiger partial charge is 0.338 e. The number of carbonyl (C=O) groups is 1. The predicted molar refractivity (Wildman–Crippen MR) is 63.9 cm³/mol. The number of esters is 1. The molecule has 0 aliphatic heterocycles. The van der Waals surface area contributed by atoms with Gasteiger partial charge >= 0.3 is 5.97 Å². The molecule has 0 N–H and O–H groups in total. The zero-order chi connectivity index (χ0) is 12.5. The van der Waals surface area contributed by atoms with E-state index in [0.29, 0.717) is 16.1 Å². The maximum atomic E-state index is 11.7. The van der Waals surface area contributed by atoms with E-state index in [2.05, 4.69) is 6.07 Å². The molecule has 88 valence electrons. The first-order valence-corrected chi connectivity index (χ1v) is 5.80. The van der Waals surface area contributed by atoms with Crippen LogP contribution in [0.5, 0.6) is 0 Å². The van der Waals surface area contributed by atoms with Gasteiger partial charge in [-0.15, -0.1) is 0 Å². The number of nitrogens with zero attached hydrogens (tertiary/aromatic N) is 1. The van der Waals surface area contributed by atoms with Gasteiger partial charge < -0.3 is 4.74 Å². The highest BCUT2D eigenvalue weighted by Gasteiger charge is 2.41. The number of nitriles is 1.